The van der Waals surface area contributed by atoms with Crippen LogP contribution in [0.4, 0.5) is 0 Å². The highest BCUT2D eigenvalue weighted by Crippen LogP contribution is 2.17. The summed E-state index contributed by atoms with van der Waals surface area (Å²) in [5.74, 6) is 1.06. The molecule has 3 aromatic rings. The molecule has 0 atom stereocenters. The molecule has 3 rings (SSSR count). The van der Waals surface area contributed by atoms with Crippen molar-refractivity contribution in [2.75, 3.05) is 0 Å². The van der Waals surface area contributed by atoms with E-state index >= 15 is 0 Å². The second-order valence-corrected chi connectivity index (χ2v) is 5.33. The zero-order valence-electron chi connectivity index (χ0n) is 10.2. The minimum Gasteiger partial charge on any atom is -0.315 e. The number of hydrogen-bond donors (Lipinski definition) is 1. The number of alkyl halides is 1. The van der Waals surface area contributed by atoms with Crippen LogP contribution in [0.2, 0.25) is 0 Å². The number of rotatable bonds is 3. The first-order chi connectivity index (χ1) is 9.17. The van der Waals surface area contributed by atoms with Crippen molar-refractivity contribution in [1.82, 2.24) is 19.5 Å². The molecule has 0 aromatic carbocycles. The molecule has 0 radical (unpaired) electrons. The van der Waals surface area contributed by atoms with E-state index in [1.165, 1.54) is 0 Å². The maximum Gasteiger partial charge on any atom is 0.304 e. The molecule has 0 aliphatic rings. The number of H-pyrrole nitrogens is 1. The zero-order chi connectivity index (χ0) is 13.4. The largest absolute Gasteiger partial charge is 0.315 e. The first-order valence-corrected chi connectivity index (χ1v) is 7.14. The summed E-state index contributed by atoms with van der Waals surface area (Å²) in [5, 5.41) is 1.81. The Bertz CT molecular complexity index is 788. The Hall–Kier alpha value is -1.66. The molecule has 0 fully saturated rings. The van der Waals surface area contributed by atoms with E-state index in [2.05, 4.69) is 15.0 Å². The van der Waals surface area contributed by atoms with Crippen molar-refractivity contribution in [2.45, 2.75) is 19.3 Å². The van der Waals surface area contributed by atoms with Gasteiger partial charge in [-0.2, -0.15) is 0 Å². The van der Waals surface area contributed by atoms with Gasteiger partial charge in [0, 0.05) is 16.8 Å². The normalized spacial score (nSPS) is 11.3. The van der Waals surface area contributed by atoms with Crippen molar-refractivity contribution in [3.05, 3.63) is 44.4 Å². The Balaban J connectivity index is 2.14. The van der Waals surface area contributed by atoms with Gasteiger partial charge in [0.25, 0.3) is 0 Å². The highest BCUT2D eigenvalue weighted by atomic mass is 35.5. The quantitative estimate of drug-likeness (QED) is 0.754. The number of halogens is 1. The molecule has 0 aliphatic carbocycles. The lowest BCUT2D eigenvalue weighted by Crippen LogP contribution is -2.07. The van der Waals surface area contributed by atoms with Gasteiger partial charge < -0.3 is 9.55 Å². The SMILES string of the molecule is Cc1ccc2nc(CCl)n(Cc3csc(=O)[nH]3)c2n1. The first-order valence-electron chi connectivity index (χ1n) is 5.73. The van der Waals surface area contributed by atoms with Crippen LogP contribution in [-0.4, -0.2) is 19.5 Å². The lowest BCUT2D eigenvalue weighted by atomic mass is 10.3. The number of pyridine rings is 1. The summed E-state index contributed by atoms with van der Waals surface area (Å²) >= 11 is 7.08. The van der Waals surface area contributed by atoms with E-state index in [9.17, 15) is 4.79 Å². The van der Waals surface area contributed by atoms with Crippen molar-refractivity contribution in [2.24, 2.45) is 0 Å². The van der Waals surface area contributed by atoms with E-state index in [1.54, 1.807) is 0 Å². The van der Waals surface area contributed by atoms with Crippen LogP contribution in [0.1, 0.15) is 17.2 Å². The number of imidazole rings is 1. The van der Waals surface area contributed by atoms with E-state index in [0.29, 0.717) is 12.4 Å². The Morgan fingerprint density at radius 1 is 1.42 bits per heavy atom. The molecule has 0 spiro atoms. The fourth-order valence-electron chi connectivity index (χ4n) is 1.97. The van der Waals surface area contributed by atoms with Gasteiger partial charge in [0.05, 0.1) is 12.4 Å². The van der Waals surface area contributed by atoms with Crippen molar-refractivity contribution < 1.29 is 0 Å². The number of hydrogen-bond acceptors (Lipinski definition) is 4. The summed E-state index contributed by atoms with van der Waals surface area (Å²) in [4.78, 5) is 22.9. The van der Waals surface area contributed by atoms with Crippen LogP contribution in [0.15, 0.2) is 22.3 Å². The van der Waals surface area contributed by atoms with Crippen LogP contribution in [0, 0.1) is 6.92 Å². The third kappa shape index (κ3) is 2.29. The smallest absolute Gasteiger partial charge is 0.304 e. The molecule has 0 saturated carbocycles. The average Bonchev–Trinajstić information content (AvgIpc) is 2.94. The Labute approximate surface area is 117 Å². The number of aromatic amines is 1. The third-order valence-electron chi connectivity index (χ3n) is 2.83. The molecule has 0 aliphatic heterocycles. The van der Waals surface area contributed by atoms with E-state index in [0.717, 1.165) is 39.7 Å². The fraction of sp³-hybridized carbons (Fsp3) is 0.250. The van der Waals surface area contributed by atoms with Gasteiger partial charge in [-0.15, -0.1) is 11.6 Å². The molecule has 0 unspecified atom stereocenters. The predicted octanol–water partition coefficient (Wildman–Crippen LogP) is 2.28. The summed E-state index contributed by atoms with van der Waals surface area (Å²) in [6.45, 7) is 2.46. The van der Waals surface area contributed by atoms with Crippen LogP contribution in [-0.2, 0) is 12.4 Å². The number of nitrogens with one attached hydrogen (secondary N) is 1. The number of aromatic nitrogens is 4. The number of fused-ring (bicyclic) bond motifs is 1. The molecular weight excluding hydrogens is 284 g/mol. The predicted molar refractivity (Wildman–Crippen MR) is 75.9 cm³/mol. The van der Waals surface area contributed by atoms with Crippen LogP contribution < -0.4 is 4.87 Å². The van der Waals surface area contributed by atoms with Gasteiger partial charge in [0.1, 0.15) is 11.3 Å². The summed E-state index contributed by atoms with van der Waals surface area (Å²) < 4.78 is 1.94. The van der Waals surface area contributed by atoms with Gasteiger partial charge in [0.2, 0.25) is 0 Å². The summed E-state index contributed by atoms with van der Waals surface area (Å²) in [7, 11) is 0. The second kappa shape index (κ2) is 4.79. The Kier molecular flexibility index (Phi) is 3.12. The molecule has 0 amide bonds. The number of thiazole rings is 1. The first kappa shape index (κ1) is 12.4. The summed E-state index contributed by atoms with van der Waals surface area (Å²) in [5.41, 5.74) is 3.37. The van der Waals surface area contributed by atoms with Gasteiger partial charge >= 0.3 is 4.87 Å². The summed E-state index contributed by atoms with van der Waals surface area (Å²) in [6, 6.07) is 3.85. The molecular formula is C12H11ClN4OS. The lowest BCUT2D eigenvalue weighted by Gasteiger charge is -2.05. The standard InChI is InChI=1S/C12H11ClN4OS/c1-7-2-3-9-11(14-7)17(10(4-13)16-9)5-8-6-19-12(18)15-8/h2-3,6H,4-5H2,1H3,(H,15,18). The highest BCUT2D eigenvalue weighted by Gasteiger charge is 2.12. The molecule has 7 heteroatoms. The lowest BCUT2D eigenvalue weighted by molar-refractivity contribution is 0.753. The maximum absolute atomic E-state index is 11.2. The van der Waals surface area contributed by atoms with E-state index in [1.807, 2.05) is 29.0 Å². The van der Waals surface area contributed by atoms with Crippen LogP contribution in [0.3, 0.4) is 0 Å². The van der Waals surface area contributed by atoms with Gasteiger partial charge in [-0.25, -0.2) is 9.97 Å². The Morgan fingerprint density at radius 3 is 2.95 bits per heavy atom. The van der Waals surface area contributed by atoms with Crippen LogP contribution in [0.25, 0.3) is 11.2 Å². The van der Waals surface area contributed by atoms with Gasteiger partial charge in [-0.1, -0.05) is 11.3 Å². The third-order valence-corrected chi connectivity index (χ3v) is 3.79. The molecule has 3 aromatic heterocycles. The van der Waals surface area contributed by atoms with Crippen LogP contribution in [0.5, 0.6) is 0 Å². The number of nitrogens with zero attached hydrogens (tertiary/aromatic N) is 3. The summed E-state index contributed by atoms with van der Waals surface area (Å²) in [6.07, 6.45) is 0. The minimum atomic E-state index is -0.0593. The maximum atomic E-state index is 11.2. The zero-order valence-corrected chi connectivity index (χ0v) is 11.8. The monoisotopic (exact) mass is 294 g/mol. The van der Waals surface area contributed by atoms with Crippen molar-refractivity contribution in [1.29, 1.82) is 0 Å². The molecule has 5 nitrogen and oxygen atoms in total. The highest BCUT2D eigenvalue weighted by molar-refractivity contribution is 7.07. The van der Waals surface area contributed by atoms with Gasteiger partial charge in [0.15, 0.2) is 5.65 Å². The molecule has 98 valence electrons. The van der Waals surface area contributed by atoms with E-state index in [-0.39, 0.29) is 4.87 Å². The van der Waals surface area contributed by atoms with Crippen molar-refractivity contribution in [3.63, 3.8) is 0 Å². The number of aryl methyl sites for hydroxylation is 1. The fourth-order valence-corrected chi connectivity index (χ4v) is 2.75. The topological polar surface area (TPSA) is 63.6 Å². The molecule has 0 bridgehead atoms. The second-order valence-electron chi connectivity index (χ2n) is 4.22. The molecule has 1 N–H and O–H groups in total. The minimum absolute atomic E-state index is 0.0593. The van der Waals surface area contributed by atoms with Crippen molar-refractivity contribution >= 4 is 34.1 Å². The molecule has 0 saturated heterocycles. The van der Waals surface area contributed by atoms with Gasteiger partial charge in [-0.05, 0) is 19.1 Å². The van der Waals surface area contributed by atoms with Gasteiger partial charge in [-0.3, -0.25) is 4.79 Å². The van der Waals surface area contributed by atoms with Crippen LogP contribution >= 0.6 is 22.9 Å². The average molecular weight is 295 g/mol. The van der Waals surface area contributed by atoms with E-state index < -0.39 is 0 Å². The Morgan fingerprint density at radius 2 is 2.26 bits per heavy atom. The molecule has 3 heterocycles. The molecule has 19 heavy (non-hydrogen) atoms. The van der Waals surface area contributed by atoms with E-state index in [4.69, 9.17) is 11.6 Å². The van der Waals surface area contributed by atoms with Crippen molar-refractivity contribution in [3.8, 4) is 0 Å².